The second-order valence-electron chi connectivity index (χ2n) is 8.29. The van der Waals surface area contributed by atoms with Crippen LogP contribution in [0.1, 0.15) is 37.8 Å². The van der Waals surface area contributed by atoms with Crippen LogP contribution in [-0.4, -0.2) is 55.2 Å². The van der Waals surface area contributed by atoms with Gasteiger partial charge in [-0.2, -0.15) is 13.2 Å². The molecule has 2 rings (SSSR count). The molecule has 0 unspecified atom stereocenters. The van der Waals surface area contributed by atoms with E-state index in [1.165, 1.54) is 6.07 Å². The van der Waals surface area contributed by atoms with Gasteiger partial charge in [0.2, 0.25) is 0 Å². The molecule has 0 saturated carbocycles. The summed E-state index contributed by atoms with van der Waals surface area (Å²) in [5, 5.41) is 10.9. The summed E-state index contributed by atoms with van der Waals surface area (Å²) in [6, 6.07) is 5.11. The molecule has 1 fully saturated rings. The monoisotopic (exact) mass is 358 g/mol. The number of nitrogens with zero attached hydrogens (tertiary/aromatic N) is 2. The molecule has 0 aromatic heterocycles. The van der Waals surface area contributed by atoms with Crippen LogP contribution in [0.3, 0.4) is 0 Å². The van der Waals surface area contributed by atoms with Crippen LogP contribution in [0.2, 0.25) is 0 Å². The molecule has 1 N–H and O–H groups in total. The fourth-order valence-corrected chi connectivity index (χ4v) is 3.87. The molecule has 6 heteroatoms. The molecule has 1 heterocycles. The minimum absolute atomic E-state index is 0.120. The summed E-state index contributed by atoms with van der Waals surface area (Å²) < 4.78 is 38.8. The topological polar surface area (TPSA) is 26.7 Å². The molecule has 0 atom stereocenters. The van der Waals surface area contributed by atoms with Crippen LogP contribution in [0.15, 0.2) is 24.3 Å². The Kier molecular flexibility index (Phi) is 5.86. The van der Waals surface area contributed by atoms with Crippen molar-refractivity contribution >= 4 is 0 Å². The Hall–Kier alpha value is -1.11. The minimum Gasteiger partial charge on any atom is -0.385 e. The van der Waals surface area contributed by atoms with Crippen molar-refractivity contribution in [2.24, 2.45) is 5.41 Å². The van der Waals surface area contributed by atoms with Crippen molar-refractivity contribution in [3.8, 4) is 0 Å². The second-order valence-corrected chi connectivity index (χ2v) is 8.29. The van der Waals surface area contributed by atoms with Crippen molar-refractivity contribution in [3.05, 3.63) is 35.4 Å². The van der Waals surface area contributed by atoms with E-state index in [0.29, 0.717) is 31.5 Å². The molecule has 0 radical (unpaired) electrons. The molecule has 3 nitrogen and oxygen atoms in total. The molecule has 142 valence electrons. The van der Waals surface area contributed by atoms with Crippen molar-refractivity contribution in [2.75, 3.05) is 40.3 Å². The average Bonchev–Trinajstić information content (AvgIpc) is 2.47. The molecular formula is C19H29F3N2O. The summed E-state index contributed by atoms with van der Waals surface area (Å²) >= 11 is 0. The Bertz CT molecular complexity index is 576. The standard InChI is InChI=1S/C19H29F3N2O/c1-17(2,13-23(3)4)14-24-10-8-18(25,9-11-24)15-6-5-7-16(12-15)19(20,21)22/h5-7,12,25H,8-11,13-14H2,1-4H3. The summed E-state index contributed by atoms with van der Waals surface area (Å²) in [7, 11) is 4.09. The van der Waals surface area contributed by atoms with Crippen molar-refractivity contribution in [1.29, 1.82) is 0 Å². The number of aliphatic hydroxyl groups is 1. The van der Waals surface area contributed by atoms with Crippen LogP contribution in [0, 0.1) is 5.41 Å². The summed E-state index contributed by atoms with van der Waals surface area (Å²) in [5.74, 6) is 0. The molecule has 1 aliphatic rings. The number of hydrogen-bond donors (Lipinski definition) is 1. The zero-order chi connectivity index (χ0) is 18.9. The van der Waals surface area contributed by atoms with Gasteiger partial charge in [-0.15, -0.1) is 0 Å². The lowest BCUT2D eigenvalue weighted by Gasteiger charge is -2.42. The van der Waals surface area contributed by atoms with E-state index < -0.39 is 17.3 Å². The highest BCUT2D eigenvalue weighted by atomic mass is 19.4. The molecule has 1 aromatic rings. The van der Waals surface area contributed by atoms with Gasteiger partial charge in [-0.05, 0) is 50.0 Å². The highest BCUT2D eigenvalue weighted by molar-refractivity contribution is 5.30. The fourth-order valence-electron chi connectivity index (χ4n) is 3.87. The highest BCUT2D eigenvalue weighted by Crippen LogP contribution is 2.37. The van der Waals surface area contributed by atoms with Crippen LogP contribution in [0.4, 0.5) is 13.2 Å². The first-order chi connectivity index (χ1) is 11.4. The van der Waals surface area contributed by atoms with Crippen molar-refractivity contribution < 1.29 is 18.3 Å². The maximum Gasteiger partial charge on any atom is 0.416 e. The number of rotatable bonds is 5. The van der Waals surface area contributed by atoms with E-state index in [2.05, 4.69) is 23.6 Å². The van der Waals surface area contributed by atoms with Gasteiger partial charge in [0.05, 0.1) is 11.2 Å². The third-order valence-corrected chi connectivity index (χ3v) is 4.81. The van der Waals surface area contributed by atoms with Gasteiger partial charge in [0.1, 0.15) is 0 Å². The number of halogens is 3. The molecule has 1 aromatic carbocycles. The van der Waals surface area contributed by atoms with Gasteiger partial charge in [-0.3, -0.25) is 0 Å². The van der Waals surface area contributed by atoms with Gasteiger partial charge >= 0.3 is 6.18 Å². The lowest BCUT2D eigenvalue weighted by molar-refractivity contribution is -0.137. The largest absolute Gasteiger partial charge is 0.416 e. The maximum atomic E-state index is 12.9. The normalized spacial score (nSPS) is 19.4. The van der Waals surface area contributed by atoms with E-state index in [-0.39, 0.29) is 5.41 Å². The minimum atomic E-state index is -4.39. The highest BCUT2D eigenvalue weighted by Gasteiger charge is 2.37. The third kappa shape index (κ3) is 5.43. The van der Waals surface area contributed by atoms with E-state index in [1.54, 1.807) is 6.07 Å². The van der Waals surface area contributed by atoms with E-state index in [4.69, 9.17) is 0 Å². The quantitative estimate of drug-likeness (QED) is 0.872. The fraction of sp³-hybridized carbons (Fsp3) is 0.684. The first kappa shape index (κ1) is 20.2. The number of alkyl halides is 3. The first-order valence-electron chi connectivity index (χ1n) is 8.69. The Balaban J connectivity index is 2.03. The zero-order valence-corrected chi connectivity index (χ0v) is 15.5. The summed E-state index contributed by atoms with van der Waals surface area (Å²) in [5.41, 5.74) is -1.39. The van der Waals surface area contributed by atoms with Crippen LogP contribution in [0.5, 0.6) is 0 Å². The first-order valence-corrected chi connectivity index (χ1v) is 8.69. The number of likely N-dealkylation sites (tertiary alicyclic amines) is 1. The van der Waals surface area contributed by atoms with Gasteiger partial charge in [0.25, 0.3) is 0 Å². The van der Waals surface area contributed by atoms with Gasteiger partial charge in [0, 0.05) is 26.2 Å². The van der Waals surface area contributed by atoms with E-state index >= 15 is 0 Å². The molecule has 1 saturated heterocycles. The van der Waals surface area contributed by atoms with Crippen LogP contribution >= 0.6 is 0 Å². The predicted molar refractivity (Wildman–Crippen MR) is 93.3 cm³/mol. The molecule has 0 amide bonds. The Morgan fingerprint density at radius 3 is 2.28 bits per heavy atom. The molecule has 1 aliphatic heterocycles. The Morgan fingerprint density at radius 2 is 1.76 bits per heavy atom. The van der Waals surface area contributed by atoms with Crippen LogP contribution in [-0.2, 0) is 11.8 Å². The van der Waals surface area contributed by atoms with Crippen molar-refractivity contribution in [2.45, 2.75) is 38.5 Å². The molecular weight excluding hydrogens is 329 g/mol. The molecule has 0 spiro atoms. The Labute approximate surface area is 148 Å². The predicted octanol–water partition coefficient (Wildman–Crippen LogP) is 3.58. The number of hydrogen-bond acceptors (Lipinski definition) is 3. The maximum absolute atomic E-state index is 12.9. The van der Waals surface area contributed by atoms with Gasteiger partial charge in [0.15, 0.2) is 0 Å². The van der Waals surface area contributed by atoms with Crippen molar-refractivity contribution in [1.82, 2.24) is 9.80 Å². The zero-order valence-electron chi connectivity index (χ0n) is 15.5. The SMILES string of the molecule is CN(C)CC(C)(C)CN1CCC(O)(c2cccc(C(F)(F)F)c2)CC1. The van der Waals surface area contributed by atoms with Gasteiger partial charge < -0.3 is 14.9 Å². The number of piperidine rings is 1. The second kappa shape index (κ2) is 7.25. The summed E-state index contributed by atoms with van der Waals surface area (Å²) in [6.45, 7) is 7.65. The molecule has 25 heavy (non-hydrogen) atoms. The summed E-state index contributed by atoms with van der Waals surface area (Å²) in [4.78, 5) is 4.45. The van der Waals surface area contributed by atoms with Gasteiger partial charge in [-0.25, -0.2) is 0 Å². The Morgan fingerprint density at radius 1 is 1.16 bits per heavy atom. The average molecular weight is 358 g/mol. The molecule has 0 bridgehead atoms. The number of benzene rings is 1. The lowest BCUT2D eigenvalue weighted by atomic mass is 9.82. The van der Waals surface area contributed by atoms with Crippen LogP contribution in [0.25, 0.3) is 0 Å². The summed E-state index contributed by atoms with van der Waals surface area (Å²) in [6.07, 6.45) is -3.48. The third-order valence-electron chi connectivity index (χ3n) is 4.81. The lowest BCUT2D eigenvalue weighted by Crippen LogP contribution is -2.47. The van der Waals surface area contributed by atoms with Crippen molar-refractivity contribution in [3.63, 3.8) is 0 Å². The smallest absolute Gasteiger partial charge is 0.385 e. The van der Waals surface area contributed by atoms with E-state index in [1.807, 2.05) is 14.1 Å². The van der Waals surface area contributed by atoms with E-state index in [9.17, 15) is 18.3 Å². The van der Waals surface area contributed by atoms with Gasteiger partial charge in [-0.1, -0.05) is 26.0 Å². The molecule has 0 aliphatic carbocycles. The van der Waals surface area contributed by atoms with Crippen LogP contribution < -0.4 is 0 Å². The van der Waals surface area contributed by atoms with E-state index in [0.717, 1.165) is 25.2 Å².